The number of carbonyl (C=O) groups excluding carboxylic acids is 1. The molecule has 146 valence electrons. The van der Waals surface area contributed by atoms with E-state index in [4.69, 9.17) is 10.5 Å². The van der Waals surface area contributed by atoms with Crippen molar-refractivity contribution in [3.05, 3.63) is 58.1 Å². The minimum Gasteiger partial charge on any atom is -0.491 e. The summed E-state index contributed by atoms with van der Waals surface area (Å²) in [7, 11) is -3.70. The van der Waals surface area contributed by atoms with E-state index in [0.29, 0.717) is 16.9 Å². The molecule has 0 aliphatic rings. The minimum absolute atomic E-state index is 0.0624. The van der Waals surface area contributed by atoms with Gasteiger partial charge in [0.1, 0.15) is 12.4 Å². The van der Waals surface area contributed by atoms with Crippen LogP contribution in [0.2, 0.25) is 0 Å². The molecule has 0 saturated carbocycles. The number of amides is 1. The number of nitrogens with two attached hydrogens (primary N) is 1. The molecule has 0 aliphatic carbocycles. The lowest BCUT2D eigenvalue weighted by molar-refractivity contribution is 0.0996. The summed E-state index contributed by atoms with van der Waals surface area (Å²) >= 11 is 0. The molecule has 0 aromatic heterocycles. The second kappa shape index (κ2) is 8.10. The van der Waals surface area contributed by atoms with Crippen LogP contribution in [-0.2, 0) is 10.0 Å². The molecular formula is C20H26N2O4S. The number of rotatable bonds is 7. The molecule has 0 fully saturated rings. The van der Waals surface area contributed by atoms with E-state index in [1.165, 1.54) is 0 Å². The molecule has 0 aliphatic heterocycles. The van der Waals surface area contributed by atoms with Crippen molar-refractivity contribution in [3.8, 4) is 5.75 Å². The Hall–Kier alpha value is -2.38. The van der Waals surface area contributed by atoms with Gasteiger partial charge in [-0.2, -0.15) is 0 Å². The van der Waals surface area contributed by atoms with E-state index in [1.807, 2.05) is 26.0 Å². The number of primary amides is 1. The number of benzene rings is 2. The Morgan fingerprint density at radius 2 is 1.67 bits per heavy atom. The maximum absolute atomic E-state index is 12.8. The largest absolute Gasteiger partial charge is 0.491 e. The van der Waals surface area contributed by atoms with E-state index in [2.05, 4.69) is 4.72 Å². The van der Waals surface area contributed by atoms with Gasteiger partial charge in [0, 0.05) is 0 Å². The van der Waals surface area contributed by atoms with Crippen molar-refractivity contribution >= 4 is 15.9 Å². The molecule has 0 heterocycles. The van der Waals surface area contributed by atoms with Crippen molar-refractivity contribution in [2.75, 3.05) is 6.61 Å². The van der Waals surface area contributed by atoms with Gasteiger partial charge in [-0.3, -0.25) is 4.79 Å². The molecule has 1 amide bonds. The van der Waals surface area contributed by atoms with Crippen molar-refractivity contribution < 1.29 is 17.9 Å². The number of carbonyl (C=O) groups is 1. The van der Waals surface area contributed by atoms with Crippen molar-refractivity contribution in [3.63, 3.8) is 0 Å². The Kier molecular flexibility index (Phi) is 6.28. The first-order valence-electron chi connectivity index (χ1n) is 8.64. The van der Waals surface area contributed by atoms with Gasteiger partial charge in [-0.1, -0.05) is 23.8 Å². The van der Waals surface area contributed by atoms with Gasteiger partial charge in [0.05, 0.1) is 16.5 Å². The van der Waals surface area contributed by atoms with E-state index >= 15 is 0 Å². The molecule has 27 heavy (non-hydrogen) atoms. The van der Waals surface area contributed by atoms with E-state index in [9.17, 15) is 13.2 Å². The Balaban J connectivity index is 2.16. The highest BCUT2D eigenvalue weighted by atomic mass is 32.2. The van der Waals surface area contributed by atoms with Crippen LogP contribution in [0.5, 0.6) is 5.75 Å². The Morgan fingerprint density at radius 1 is 1.07 bits per heavy atom. The van der Waals surface area contributed by atoms with Crippen LogP contribution in [-0.4, -0.2) is 27.0 Å². The number of ether oxygens (including phenoxy) is 1. The topological polar surface area (TPSA) is 98.5 Å². The van der Waals surface area contributed by atoms with Gasteiger partial charge < -0.3 is 10.5 Å². The predicted molar refractivity (Wildman–Crippen MR) is 106 cm³/mol. The van der Waals surface area contributed by atoms with E-state index in [1.54, 1.807) is 39.0 Å². The average Bonchev–Trinajstić information content (AvgIpc) is 2.50. The Bertz CT molecular complexity index is 945. The molecular weight excluding hydrogens is 364 g/mol. The predicted octanol–water partition coefficient (Wildman–Crippen LogP) is 2.76. The zero-order valence-corrected chi connectivity index (χ0v) is 17.1. The first-order valence-corrected chi connectivity index (χ1v) is 10.1. The van der Waals surface area contributed by atoms with Gasteiger partial charge >= 0.3 is 0 Å². The van der Waals surface area contributed by atoms with Crippen molar-refractivity contribution in [1.29, 1.82) is 0 Å². The highest BCUT2D eigenvalue weighted by Gasteiger charge is 2.22. The number of hydrogen-bond donors (Lipinski definition) is 2. The molecule has 0 unspecified atom stereocenters. The number of hydrogen-bond acceptors (Lipinski definition) is 4. The van der Waals surface area contributed by atoms with Gasteiger partial charge in [-0.05, 0) is 63.4 Å². The molecule has 0 saturated heterocycles. The summed E-state index contributed by atoms with van der Waals surface area (Å²) in [6.07, 6.45) is 0. The summed E-state index contributed by atoms with van der Waals surface area (Å²) < 4.78 is 33.9. The maximum atomic E-state index is 12.8. The van der Waals surface area contributed by atoms with Crippen LogP contribution in [0.4, 0.5) is 0 Å². The van der Waals surface area contributed by atoms with Gasteiger partial charge in [-0.15, -0.1) is 0 Å². The third kappa shape index (κ3) is 5.08. The minimum atomic E-state index is -3.70. The quantitative estimate of drug-likeness (QED) is 0.759. The fraction of sp³-hybridized carbons (Fsp3) is 0.350. The van der Waals surface area contributed by atoms with Gasteiger partial charge in [-0.25, -0.2) is 13.1 Å². The number of sulfonamides is 1. The fourth-order valence-corrected chi connectivity index (χ4v) is 4.80. The molecule has 0 radical (unpaired) electrons. The lowest BCUT2D eigenvalue weighted by Crippen LogP contribution is -2.37. The first-order chi connectivity index (χ1) is 12.5. The molecule has 0 spiro atoms. The summed E-state index contributed by atoms with van der Waals surface area (Å²) in [4.78, 5) is 11.8. The fourth-order valence-electron chi connectivity index (χ4n) is 3.12. The number of aryl methyl sites for hydroxylation is 4. The highest BCUT2D eigenvalue weighted by molar-refractivity contribution is 7.89. The standard InChI is InChI=1S/C20H26N2O4S/c1-12-6-7-17(20(21)23)18(10-12)26-11-16(5)22-27(24,25)19-14(3)8-13(2)9-15(19)4/h6-10,16,22H,11H2,1-5H3,(H2,21,23)/t16-/m0/s1. The highest BCUT2D eigenvalue weighted by Crippen LogP contribution is 2.23. The molecule has 0 bridgehead atoms. The molecule has 1 atom stereocenters. The zero-order valence-electron chi connectivity index (χ0n) is 16.3. The lowest BCUT2D eigenvalue weighted by atomic mass is 10.1. The zero-order chi connectivity index (χ0) is 20.4. The van der Waals surface area contributed by atoms with Crippen LogP contribution in [0.25, 0.3) is 0 Å². The molecule has 2 aromatic carbocycles. The summed E-state index contributed by atoms with van der Waals surface area (Å²) in [5, 5.41) is 0. The van der Waals surface area contributed by atoms with E-state index < -0.39 is 22.0 Å². The maximum Gasteiger partial charge on any atom is 0.252 e. The Morgan fingerprint density at radius 3 is 2.22 bits per heavy atom. The molecule has 7 heteroatoms. The van der Waals surface area contributed by atoms with Gasteiger partial charge in [0.2, 0.25) is 10.0 Å². The average molecular weight is 391 g/mol. The van der Waals surface area contributed by atoms with Gasteiger partial charge in [0.15, 0.2) is 0 Å². The molecule has 2 rings (SSSR count). The third-order valence-corrected chi connectivity index (χ3v) is 6.02. The second-order valence-corrected chi connectivity index (χ2v) is 8.58. The second-order valence-electron chi connectivity index (χ2n) is 6.93. The van der Waals surface area contributed by atoms with Crippen molar-refractivity contribution in [2.45, 2.75) is 45.6 Å². The van der Waals surface area contributed by atoms with Crippen molar-refractivity contribution in [2.24, 2.45) is 5.73 Å². The van der Waals surface area contributed by atoms with Crippen LogP contribution < -0.4 is 15.2 Å². The van der Waals surface area contributed by atoms with E-state index in [0.717, 1.165) is 11.1 Å². The van der Waals surface area contributed by atoms with Crippen LogP contribution >= 0.6 is 0 Å². The van der Waals surface area contributed by atoms with Crippen LogP contribution in [0, 0.1) is 27.7 Å². The van der Waals surface area contributed by atoms with Crippen LogP contribution in [0.3, 0.4) is 0 Å². The summed E-state index contributed by atoms with van der Waals surface area (Å²) in [5.74, 6) is -0.250. The molecule has 2 aromatic rings. The smallest absolute Gasteiger partial charge is 0.252 e. The van der Waals surface area contributed by atoms with Crippen LogP contribution in [0.1, 0.15) is 39.5 Å². The molecule has 6 nitrogen and oxygen atoms in total. The SMILES string of the molecule is Cc1cc(C)c(S(=O)(=O)N[C@@H](C)COc2cc(C)ccc2C(N)=O)c(C)c1. The van der Waals surface area contributed by atoms with Crippen molar-refractivity contribution in [1.82, 2.24) is 4.72 Å². The van der Waals surface area contributed by atoms with E-state index in [-0.39, 0.29) is 17.1 Å². The number of nitrogens with one attached hydrogen (secondary N) is 1. The third-order valence-electron chi connectivity index (χ3n) is 4.12. The Labute approximate surface area is 160 Å². The summed E-state index contributed by atoms with van der Waals surface area (Å²) in [6.45, 7) is 9.12. The summed E-state index contributed by atoms with van der Waals surface area (Å²) in [5.41, 5.74) is 8.95. The van der Waals surface area contributed by atoms with Gasteiger partial charge in [0.25, 0.3) is 5.91 Å². The van der Waals surface area contributed by atoms with Crippen LogP contribution in [0.15, 0.2) is 35.2 Å². The monoisotopic (exact) mass is 390 g/mol. The summed E-state index contributed by atoms with van der Waals surface area (Å²) in [6, 6.07) is 8.25. The molecule has 3 N–H and O–H groups in total. The lowest BCUT2D eigenvalue weighted by Gasteiger charge is -2.19. The normalized spacial score (nSPS) is 12.6. The first kappa shape index (κ1) is 20.9.